The quantitative estimate of drug-likeness (QED) is 0.766. The zero-order valence-electron chi connectivity index (χ0n) is 13.3. The maximum atomic E-state index is 12.4. The lowest BCUT2D eigenvalue weighted by Crippen LogP contribution is -2.55. The van der Waals surface area contributed by atoms with Gasteiger partial charge in [0, 0.05) is 30.9 Å². The Hall–Kier alpha value is -2.08. The summed E-state index contributed by atoms with van der Waals surface area (Å²) in [7, 11) is 0. The van der Waals surface area contributed by atoms with Crippen LogP contribution in [0.4, 0.5) is 10.5 Å². The SMILES string of the molecule is CC(C)C(C)(CN)NC(=O)c1ccc(N2CCNC2=O)cc1. The average Bonchev–Trinajstić information content (AvgIpc) is 2.93. The minimum absolute atomic E-state index is 0.104. The lowest BCUT2D eigenvalue weighted by atomic mass is 9.88. The van der Waals surface area contributed by atoms with Crippen LogP contribution < -0.4 is 21.3 Å². The Labute approximate surface area is 131 Å². The summed E-state index contributed by atoms with van der Waals surface area (Å²) >= 11 is 0. The summed E-state index contributed by atoms with van der Waals surface area (Å²) in [6, 6.07) is 6.93. The molecule has 1 fully saturated rings. The molecular weight excluding hydrogens is 280 g/mol. The van der Waals surface area contributed by atoms with Crippen molar-refractivity contribution in [3.05, 3.63) is 29.8 Å². The fourth-order valence-electron chi connectivity index (χ4n) is 2.27. The summed E-state index contributed by atoms with van der Waals surface area (Å²) in [6.45, 7) is 7.67. The van der Waals surface area contributed by atoms with Crippen molar-refractivity contribution in [2.75, 3.05) is 24.5 Å². The van der Waals surface area contributed by atoms with E-state index in [1.165, 1.54) is 0 Å². The van der Waals surface area contributed by atoms with Gasteiger partial charge in [0.05, 0.1) is 5.54 Å². The lowest BCUT2D eigenvalue weighted by molar-refractivity contribution is 0.0883. The van der Waals surface area contributed by atoms with E-state index in [1.807, 2.05) is 20.8 Å². The minimum Gasteiger partial charge on any atom is -0.345 e. The van der Waals surface area contributed by atoms with Crippen LogP contribution in [-0.4, -0.2) is 37.1 Å². The first-order chi connectivity index (χ1) is 10.4. The lowest BCUT2D eigenvalue weighted by Gasteiger charge is -2.33. The number of anilines is 1. The molecule has 2 rings (SSSR count). The standard InChI is InChI=1S/C16H24N4O2/c1-11(2)16(3,10-17)19-14(21)12-4-6-13(7-5-12)20-9-8-18-15(20)22/h4-7,11H,8-10,17H2,1-3H3,(H,18,22)(H,19,21). The Balaban J connectivity index is 2.10. The molecule has 1 aliphatic rings. The van der Waals surface area contributed by atoms with Gasteiger partial charge in [0.1, 0.15) is 0 Å². The van der Waals surface area contributed by atoms with Gasteiger partial charge in [-0.05, 0) is 37.1 Å². The second kappa shape index (κ2) is 6.36. The number of amides is 3. The van der Waals surface area contributed by atoms with Gasteiger partial charge in [-0.25, -0.2) is 4.79 Å². The molecule has 0 saturated carbocycles. The van der Waals surface area contributed by atoms with Crippen molar-refractivity contribution in [2.24, 2.45) is 11.7 Å². The number of nitrogens with zero attached hydrogens (tertiary/aromatic N) is 1. The van der Waals surface area contributed by atoms with Crippen molar-refractivity contribution >= 4 is 17.6 Å². The van der Waals surface area contributed by atoms with Crippen LogP contribution >= 0.6 is 0 Å². The third-order valence-electron chi connectivity index (χ3n) is 4.40. The molecule has 1 aromatic carbocycles. The van der Waals surface area contributed by atoms with Crippen molar-refractivity contribution < 1.29 is 9.59 Å². The van der Waals surface area contributed by atoms with Crippen LogP contribution in [0.15, 0.2) is 24.3 Å². The van der Waals surface area contributed by atoms with Crippen molar-refractivity contribution in [1.29, 1.82) is 0 Å². The van der Waals surface area contributed by atoms with Gasteiger partial charge in [-0.1, -0.05) is 13.8 Å². The van der Waals surface area contributed by atoms with Crippen molar-refractivity contribution in [3.63, 3.8) is 0 Å². The number of rotatable bonds is 5. The number of nitrogens with one attached hydrogen (secondary N) is 2. The third-order valence-corrected chi connectivity index (χ3v) is 4.40. The van der Waals surface area contributed by atoms with Gasteiger partial charge in [0.2, 0.25) is 0 Å². The van der Waals surface area contributed by atoms with Gasteiger partial charge in [-0.3, -0.25) is 9.69 Å². The summed E-state index contributed by atoms with van der Waals surface area (Å²) < 4.78 is 0. The Morgan fingerprint density at radius 1 is 1.41 bits per heavy atom. The van der Waals surface area contributed by atoms with Gasteiger partial charge in [0.15, 0.2) is 0 Å². The van der Waals surface area contributed by atoms with E-state index >= 15 is 0 Å². The molecule has 120 valence electrons. The summed E-state index contributed by atoms with van der Waals surface area (Å²) in [5.41, 5.74) is 6.70. The highest BCUT2D eigenvalue weighted by molar-refractivity contribution is 5.97. The Morgan fingerprint density at radius 3 is 2.50 bits per heavy atom. The van der Waals surface area contributed by atoms with E-state index in [0.29, 0.717) is 25.2 Å². The van der Waals surface area contributed by atoms with Crippen LogP contribution in [0.1, 0.15) is 31.1 Å². The molecule has 1 atom stereocenters. The highest BCUT2D eigenvalue weighted by Crippen LogP contribution is 2.19. The highest BCUT2D eigenvalue weighted by Gasteiger charge is 2.29. The van der Waals surface area contributed by atoms with Gasteiger partial charge in [0.25, 0.3) is 5.91 Å². The molecule has 0 aliphatic carbocycles. The molecule has 1 aromatic rings. The van der Waals surface area contributed by atoms with Gasteiger partial charge in [-0.2, -0.15) is 0 Å². The van der Waals surface area contributed by atoms with Crippen molar-refractivity contribution in [2.45, 2.75) is 26.3 Å². The molecule has 4 N–H and O–H groups in total. The zero-order valence-corrected chi connectivity index (χ0v) is 13.3. The van der Waals surface area contributed by atoms with Crippen LogP contribution in [0, 0.1) is 5.92 Å². The molecule has 0 bridgehead atoms. The molecule has 1 unspecified atom stereocenters. The largest absolute Gasteiger partial charge is 0.345 e. The van der Waals surface area contributed by atoms with Gasteiger partial charge >= 0.3 is 6.03 Å². The maximum Gasteiger partial charge on any atom is 0.321 e. The molecule has 3 amide bonds. The summed E-state index contributed by atoms with van der Waals surface area (Å²) in [5, 5.41) is 5.75. The van der Waals surface area contributed by atoms with Crippen molar-refractivity contribution in [3.8, 4) is 0 Å². The van der Waals surface area contributed by atoms with Gasteiger partial charge in [-0.15, -0.1) is 0 Å². The second-order valence-electron chi connectivity index (χ2n) is 6.16. The Kier molecular flexibility index (Phi) is 4.71. The van der Waals surface area contributed by atoms with Crippen LogP contribution in [-0.2, 0) is 0 Å². The fourth-order valence-corrected chi connectivity index (χ4v) is 2.27. The predicted octanol–water partition coefficient (Wildman–Crippen LogP) is 1.32. The summed E-state index contributed by atoms with van der Waals surface area (Å²) in [6.07, 6.45) is 0. The third kappa shape index (κ3) is 3.22. The van der Waals surface area contributed by atoms with E-state index in [1.54, 1.807) is 29.2 Å². The van der Waals surface area contributed by atoms with E-state index in [-0.39, 0.29) is 17.9 Å². The van der Waals surface area contributed by atoms with E-state index in [9.17, 15) is 9.59 Å². The number of hydrogen-bond donors (Lipinski definition) is 3. The number of carbonyl (C=O) groups excluding carboxylic acids is 2. The molecule has 1 heterocycles. The van der Waals surface area contributed by atoms with E-state index in [0.717, 1.165) is 5.69 Å². The molecule has 1 saturated heterocycles. The predicted molar refractivity (Wildman–Crippen MR) is 87.0 cm³/mol. The minimum atomic E-state index is -0.440. The van der Waals surface area contributed by atoms with Crippen molar-refractivity contribution in [1.82, 2.24) is 10.6 Å². The smallest absolute Gasteiger partial charge is 0.321 e. The van der Waals surface area contributed by atoms with Crippen LogP contribution in [0.2, 0.25) is 0 Å². The normalized spacial score (nSPS) is 17.3. The number of urea groups is 1. The molecule has 6 heteroatoms. The van der Waals surface area contributed by atoms with Gasteiger partial charge < -0.3 is 16.4 Å². The maximum absolute atomic E-state index is 12.4. The monoisotopic (exact) mass is 304 g/mol. The number of benzene rings is 1. The number of carbonyl (C=O) groups is 2. The average molecular weight is 304 g/mol. The van der Waals surface area contributed by atoms with E-state index < -0.39 is 5.54 Å². The van der Waals surface area contributed by atoms with Crippen LogP contribution in [0.25, 0.3) is 0 Å². The first-order valence-electron chi connectivity index (χ1n) is 7.55. The number of nitrogens with two attached hydrogens (primary N) is 1. The first kappa shape index (κ1) is 16.3. The topological polar surface area (TPSA) is 87.5 Å². The first-order valence-corrected chi connectivity index (χ1v) is 7.55. The second-order valence-corrected chi connectivity index (χ2v) is 6.16. The molecular formula is C16H24N4O2. The molecule has 22 heavy (non-hydrogen) atoms. The van der Waals surface area contributed by atoms with E-state index in [4.69, 9.17) is 5.73 Å². The molecule has 1 aliphatic heterocycles. The van der Waals surface area contributed by atoms with Crippen LogP contribution in [0.5, 0.6) is 0 Å². The molecule has 0 spiro atoms. The molecule has 0 aromatic heterocycles. The molecule has 0 radical (unpaired) electrons. The fraction of sp³-hybridized carbons (Fsp3) is 0.500. The zero-order chi connectivity index (χ0) is 16.3. The van der Waals surface area contributed by atoms with E-state index in [2.05, 4.69) is 10.6 Å². The highest BCUT2D eigenvalue weighted by atomic mass is 16.2. The Morgan fingerprint density at radius 2 is 2.05 bits per heavy atom. The Bertz CT molecular complexity index is 556. The molecule has 6 nitrogen and oxygen atoms in total. The van der Waals surface area contributed by atoms with Crippen LogP contribution in [0.3, 0.4) is 0 Å². The summed E-state index contributed by atoms with van der Waals surface area (Å²) in [4.78, 5) is 25.6. The summed E-state index contributed by atoms with van der Waals surface area (Å²) in [5.74, 6) is 0.0769. The number of hydrogen-bond acceptors (Lipinski definition) is 3.